The molecule has 0 bridgehead atoms. The molecule has 2 aliphatic heterocycles. The third kappa shape index (κ3) is 9.02. The molecule has 2 atom stereocenters. The minimum atomic E-state index is -5.08. The minimum Gasteiger partial charge on any atom is -0.475 e. The first kappa shape index (κ1) is 30.6. The molecular formula is C22H23F6N3O7. The number of likely N-dealkylation sites (tertiary alicyclic amines) is 1. The topological polar surface area (TPSA) is 142 Å². The van der Waals surface area contributed by atoms with E-state index in [1.807, 2.05) is 12.1 Å². The highest BCUT2D eigenvalue weighted by atomic mass is 19.4. The average molecular weight is 555 g/mol. The largest absolute Gasteiger partial charge is 0.490 e. The Balaban J connectivity index is 0.000000301. The zero-order chi connectivity index (χ0) is 28.6. The number of fused-ring (bicyclic) bond motifs is 1. The molecule has 2 fully saturated rings. The van der Waals surface area contributed by atoms with Crippen LogP contribution < -0.4 is 5.32 Å². The fourth-order valence-electron chi connectivity index (χ4n) is 3.79. The number of alkyl halides is 6. The molecule has 0 aliphatic carbocycles. The molecule has 2 aromatic rings. The van der Waals surface area contributed by atoms with Gasteiger partial charge >= 0.3 is 24.3 Å². The van der Waals surface area contributed by atoms with Gasteiger partial charge in [0.15, 0.2) is 0 Å². The number of nitrogens with one attached hydrogen (secondary N) is 1. The van der Waals surface area contributed by atoms with Gasteiger partial charge in [0.05, 0.1) is 31.6 Å². The highest BCUT2D eigenvalue weighted by molar-refractivity contribution is 5.93. The molecule has 2 aliphatic rings. The Kier molecular flexibility index (Phi) is 10.2. The van der Waals surface area contributed by atoms with Gasteiger partial charge in [-0.15, -0.1) is 0 Å². The first-order chi connectivity index (χ1) is 17.6. The Bertz CT molecular complexity index is 1040. The van der Waals surface area contributed by atoms with Gasteiger partial charge in [-0.3, -0.25) is 14.7 Å². The van der Waals surface area contributed by atoms with E-state index in [4.69, 9.17) is 29.0 Å². The second kappa shape index (κ2) is 12.7. The number of furan rings is 1. The van der Waals surface area contributed by atoms with Crippen molar-refractivity contribution in [2.24, 2.45) is 11.3 Å². The number of aromatic nitrogens is 1. The molecule has 0 aromatic carbocycles. The third-order valence-corrected chi connectivity index (χ3v) is 5.56. The summed E-state index contributed by atoms with van der Waals surface area (Å²) in [6.07, 6.45) is -5.20. The van der Waals surface area contributed by atoms with Crippen LogP contribution in [0.25, 0.3) is 0 Å². The number of carboxylic acids is 2. The second-order valence-corrected chi connectivity index (χ2v) is 8.35. The quantitative estimate of drug-likeness (QED) is 0.475. The van der Waals surface area contributed by atoms with Crippen molar-refractivity contribution in [2.75, 3.05) is 32.8 Å². The van der Waals surface area contributed by atoms with Gasteiger partial charge in [-0.25, -0.2) is 9.59 Å². The average Bonchev–Trinajstić information content (AvgIpc) is 3.54. The van der Waals surface area contributed by atoms with Crippen LogP contribution in [0.5, 0.6) is 0 Å². The molecular weight excluding hydrogens is 532 g/mol. The smallest absolute Gasteiger partial charge is 0.475 e. The number of ether oxygens (including phenoxy) is 1. The summed E-state index contributed by atoms with van der Waals surface area (Å²) < 4.78 is 74.7. The predicted molar refractivity (Wildman–Crippen MR) is 115 cm³/mol. The molecule has 2 aromatic heterocycles. The molecule has 210 valence electrons. The zero-order valence-electron chi connectivity index (χ0n) is 19.5. The lowest BCUT2D eigenvalue weighted by Crippen LogP contribution is -2.43. The van der Waals surface area contributed by atoms with Crippen molar-refractivity contribution in [3.8, 4) is 0 Å². The van der Waals surface area contributed by atoms with Crippen LogP contribution in [0.4, 0.5) is 26.3 Å². The van der Waals surface area contributed by atoms with Crippen LogP contribution in [0, 0.1) is 11.3 Å². The zero-order valence-corrected chi connectivity index (χ0v) is 19.5. The van der Waals surface area contributed by atoms with E-state index in [1.165, 1.54) is 0 Å². The van der Waals surface area contributed by atoms with Crippen LogP contribution >= 0.6 is 0 Å². The molecule has 2 saturated heterocycles. The summed E-state index contributed by atoms with van der Waals surface area (Å²) in [7, 11) is 0. The molecule has 0 spiro atoms. The molecule has 1 amide bonds. The number of pyridine rings is 1. The molecule has 0 unspecified atom stereocenters. The van der Waals surface area contributed by atoms with E-state index in [1.54, 1.807) is 30.8 Å². The summed E-state index contributed by atoms with van der Waals surface area (Å²) in [4.78, 5) is 36.5. The van der Waals surface area contributed by atoms with E-state index in [-0.39, 0.29) is 11.3 Å². The number of carbonyl (C=O) groups is 3. The maximum atomic E-state index is 12.3. The maximum Gasteiger partial charge on any atom is 0.490 e. The first-order valence-corrected chi connectivity index (χ1v) is 10.7. The molecule has 38 heavy (non-hydrogen) atoms. The maximum absolute atomic E-state index is 12.3. The van der Waals surface area contributed by atoms with Crippen molar-refractivity contribution in [3.63, 3.8) is 0 Å². The van der Waals surface area contributed by atoms with E-state index in [2.05, 4.69) is 15.2 Å². The van der Waals surface area contributed by atoms with Gasteiger partial charge < -0.3 is 24.7 Å². The summed E-state index contributed by atoms with van der Waals surface area (Å²) in [6.45, 7) is 4.77. The molecule has 10 nitrogen and oxygen atoms in total. The van der Waals surface area contributed by atoms with E-state index >= 15 is 0 Å². The van der Waals surface area contributed by atoms with Gasteiger partial charge in [0, 0.05) is 43.4 Å². The van der Waals surface area contributed by atoms with Gasteiger partial charge in [-0.05, 0) is 24.3 Å². The van der Waals surface area contributed by atoms with Crippen LogP contribution in [0.2, 0.25) is 0 Å². The summed E-state index contributed by atoms with van der Waals surface area (Å²) >= 11 is 0. The highest BCUT2D eigenvalue weighted by Crippen LogP contribution is 2.41. The standard InChI is InChI=1S/C18H21N3O3.2C2HF3O2/c22-17(14-3-1-5-19-7-14)20-11-18-12-21(8-15(18)10-23-13-18)9-16-4-2-6-24-16;2*3-2(4,5)1(6)7/h1-7,15H,8-13H2,(H,20,22);2*(H,6,7)/t15-,18+;;/m1../s1. The van der Waals surface area contributed by atoms with E-state index < -0.39 is 24.3 Å². The number of hydrogen-bond acceptors (Lipinski definition) is 7. The Hall–Kier alpha value is -3.66. The van der Waals surface area contributed by atoms with Crippen LogP contribution in [-0.4, -0.2) is 83.1 Å². The molecule has 3 N–H and O–H groups in total. The van der Waals surface area contributed by atoms with Gasteiger partial charge in [-0.1, -0.05) is 0 Å². The fraction of sp³-hybridized carbons (Fsp3) is 0.455. The van der Waals surface area contributed by atoms with Crippen molar-refractivity contribution in [2.45, 2.75) is 18.9 Å². The van der Waals surface area contributed by atoms with Gasteiger partial charge in [-0.2, -0.15) is 26.3 Å². The fourth-order valence-corrected chi connectivity index (χ4v) is 3.79. The Morgan fingerprint density at radius 2 is 1.71 bits per heavy atom. The number of nitrogens with zero attached hydrogens (tertiary/aromatic N) is 2. The number of hydrogen-bond donors (Lipinski definition) is 3. The number of rotatable bonds is 5. The first-order valence-electron chi connectivity index (χ1n) is 10.7. The van der Waals surface area contributed by atoms with Crippen LogP contribution in [0.1, 0.15) is 16.1 Å². The number of amides is 1. The molecule has 4 heterocycles. The number of carbonyl (C=O) groups excluding carboxylic acids is 1. The summed E-state index contributed by atoms with van der Waals surface area (Å²) in [6, 6.07) is 7.47. The van der Waals surface area contributed by atoms with E-state index in [0.717, 1.165) is 32.0 Å². The van der Waals surface area contributed by atoms with Gasteiger partial charge in [0.25, 0.3) is 5.91 Å². The highest BCUT2D eigenvalue weighted by Gasteiger charge is 2.50. The lowest BCUT2D eigenvalue weighted by molar-refractivity contribution is -0.193. The number of halogens is 6. The lowest BCUT2D eigenvalue weighted by atomic mass is 9.81. The van der Waals surface area contributed by atoms with Gasteiger partial charge in [0.1, 0.15) is 5.76 Å². The van der Waals surface area contributed by atoms with Crippen LogP contribution in [-0.2, 0) is 20.9 Å². The van der Waals surface area contributed by atoms with Crippen molar-refractivity contribution >= 4 is 17.8 Å². The number of aliphatic carboxylic acids is 2. The summed E-state index contributed by atoms with van der Waals surface area (Å²) in [5, 5.41) is 17.3. The van der Waals surface area contributed by atoms with Crippen molar-refractivity contribution in [1.29, 1.82) is 0 Å². The Morgan fingerprint density at radius 3 is 2.21 bits per heavy atom. The molecule has 0 saturated carbocycles. The Labute approximate surface area is 211 Å². The second-order valence-electron chi connectivity index (χ2n) is 8.35. The number of carboxylic acid groups (broad SMARTS) is 2. The SMILES string of the molecule is O=C(NC[C@]12COC[C@H]1CN(Cc1ccco1)C2)c1cccnc1.O=C(O)C(F)(F)F.O=C(O)C(F)(F)F. The molecule has 0 radical (unpaired) electrons. The summed E-state index contributed by atoms with van der Waals surface area (Å²) in [5.41, 5.74) is 0.583. The monoisotopic (exact) mass is 555 g/mol. The van der Waals surface area contributed by atoms with Crippen LogP contribution in [0.3, 0.4) is 0 Å². The van der Waals surface area contributed by atoms with E-state index in [0.29, 0.717) is 24.6 Å². The summed E-state index contributed by atoms with van der Waals surface area (Å²) in [5.74, 6) is -4.17. The lowest BCUT2D eigenvalue weighted by Gasteiger charge is -2.27. The predicted octanol–water partition coefficient (Wildman–Crippen LogP) is 2.82. The van der Waals surface area contributed by atoms with E-state index in [9.17, 15) is 31.1 Å². The van der Waals surface area contributed by atoms with Crippen molar-refractivity contribution < 1.29 is 60.1 Å². The van der Waals surface area contributed by atoms with Crippen molar-refractivity contribution in [3.05, 3.63) is 54.2 Å². The third-order valence-electron chi connectivity index (χ3n) is 5.56. The minimum absolute atomic E-state index is 0.00946. The normalized spacial score (nSPS) is 20.8. The van der Waals surface area contributed by atoms with Crippen LogP contribution in [0.15, 0.2) is 47.3 Å². The Morgan fingerprint density at radius 1 is 1.08 bits per heavy atom. The molecule has 4 rings (SSSR count). The molecule has 16 heteroatoms. The van der Waals surface area contributed by atoms with Crippen molar-refractivity contribution in [1.82, 2.24) is 15.2 Å². The van der Waals surface area contributed by atoms with Gasteiger partial charge in [0.2, 0.25) is 0 Å².